The van der Waals surface area contributed by atoms with E-state index in [0.717, 1.165) is 10.5 Å². The van der Waals surface area contributed by atoms with Crippen molar-refractivity contribution in [2.24, 2.45) is 0 Å². The second-order valence-electron chi connectivity index (χ2n) is 3.77. The van der Waals surface area contributed by atoms with Crippen molar-refractivity contribution < 1.29 is 9.72 Å². The summed E-state index contributed by atoms with van der Waals surface area (Å²) in [5.74, 6) is -0.189. The third-order valence-corrected chi connectivity index (χ3v) is 3.01. The van der Waals surface area contributed by atoms with Gasteiger partial charge >= 0.3 is 0 Å². The third kappa shape index (κ3) is 3.52. The van der Waals surface area contributed by atoms with E-state index in [2.05, 4.69) is 26.2 Å². The van der Waals surface area contributed by atoms with E-state index >= 15 is 0 Å². The number of non-ortho nitro benzene ring substituents is 1. The molecule has 1 amide bonds. The molecule has 1 aromatic heterocycles. The van der Waals surface area contributed by atoms with Crippen molar-refractivity contribution in [3.05, 3.63) is 61.7 Å². The summed E-state index contributed by atoms with van der Waals surface area (Å²) in [4.78, 5) is 26.1. The van der Waals surface area contributed by atoms with Gasteiger partial charge in [-0.25, -0.2) is 4.98 Å². The van der Waals surface area contributed by atoms with Crippen LogP contribution in [0.1, 0.15) is 10.4 Å². The molecule has 20 heavy (non-hydrogen) atoms. The number of hydrogen-bond donors (Lipinski definition) is 1. The normalized spacial score (nSPS) is 10.1. The third-order valence-electron chi connectivity index (χ3n) is 2.32. The van der Waals surface area contributed by atoms with Gasteiger partial charge in [-0.2, -0.15) is 0 Å². The van der Waals surface area contributed by atoms with Gasteiger partial charge in [0.15, 0.2) is 0 Å². The largest absolute Gasteiger partial charge is 0.307 e. The highest BCUT2D eigenvalue weighted by Crippen LogP contribution is 2.21. The van der Waals surface area contributed by atoms with Gasteiger partial charge in [0.2, 0.25) is 0 Å². The first-order valence-corrected chi connectivity index (χ1v) is 6.51. The summed E-state index contributed by atoms with van der Waals surface area (Å²) in [6.45, 7) is 0. The van der Waals surface area contributed by atoms with Crippen LogP contribution in [0.4, 0.5) is 11.5 Å². The van der Waals surface area contributed by atoms with E-state index in [9.17, 15) is 14.9 Å². The monoisotopic (exact) mass is 355 g/mol. The quantitative estimate of drug-likeness (QED) is 0.672. The second-order valence-corrected chi connectivity index (χ2v) is 5.12. The molecule has 1 aromatic carbocycles. The summed E-state index contributed by atoms with van der Waals surface area (Å²) in [5.41, 5.74) is -0.152. The number of pyridine rings is 1. The summed E-state index contributed by atoms with van der Waals surface area (Å²) in [6, 6.07) is 6.99. The zero-order chi connectivity index (χ0) is 14.7. The molecule has 0 aliphatic rings. The van der Waals surface area contributed by atoms with Gasteiger partial charge in [-0.15, -0.1) is 0 Å². The van der Waals surface area contributed by atoms with Crippen molar-refractivity contribution in [2.45, 2.75) is 0 Å². The zero-order valence-electron chi connectivity index (χ0n) is 9.84. The molecule has 102 valence electrons. The lowest BCUT2D eigenvalue weighted by Crippen LogP contribution is -2.13. The van der Waals surface area contributed by atoms with Crippen LogP contribution in [0.25, 0.3) is 0 Å². The van der Waals surface area contributed by atoms with Crippen molar-refractivity contribution in [3.63, 3.8) is 0 Å². The highest BCUT2D eigenvalue weighted by Gasteiger charge is 2.14. The number of nitro benzene ring substituents is 1. The van der Waals surface area contributed by atoms with Gasteiger partial charge in [0.25, 0.3) is 11.6 Å². The molecule has 0 saturated carbocycles. The first-order valence-electron chi connectivity index (χ1n) is 5.33. The van der Waals surface area contributed by atoms with Gasteiger partial charge in [-0.05, 0) is 34.1 Å². The number of rotatable bonds is 3. The Balaban J connectivity index is 2.25. The van der Waals surface area contributed by atoms with Gasteiger partial charge < -0.3 is 5.32 Å². The van der Waals surface area contributed by atoms with E-state index in [0.29, 0.717) is 5.82 Å². The molecule has 0 fully saturated rings. The molecule has 0 atom stereocenters. The van der Waals surface area contributed by atoms with Gasteiger partial charge in [-0.1, -0.05) is 11.6 Å². The Morgan fingerprint density at radius 1 is 1.35 bits per heavy atom. The van der Waals surface area contributed by atoms with Crippen LogP contribution in [-0.2, 0) is 0 Å². The fraction of sp³-hybridized carbons (Fsp3) is 0. The van der Waals surface area contributed by atoms with Crippen LogP contribution in [0.15, 0.2) is 41.0 Å². The van der Waals surface area contributed by atoms with Crippen molar-refractivity contribution >= 4 is 44.9 Å². The van der Waals surface area contributed by atoms with E-state index in [-0.39, 0.29) is 16.3 Å². The molecule has 0 bridgehead atoms. The standard InChI is InChI=1S/C12H7BrClN3O3/c13-8-1-2-11(15-6-8)16-12(18)7-3-9(14)5-10(4-7)17(19)20/h1-6H,(H,15,16,18). The summed E-state index contributed by atoms with van der Waals surface area (Å²) in [5, 5.41) is 13.4. The minimum Gasteiger partial charge on any atom is -0.307 e. The fourth-order valence-corrected chi connectivity index (χ4v) is 1.91. The molecular weight excluding hydrogens is 350 g/mol. The van der Waals surface area contributed by atoms with Crippen LogP contribution in [0.5, 0.6) is 0 Å². The summed E-state index contributed by atoms with van der Waals surface area (Å²) < 4.78 is 0.772. The molecule has 2 aromatic rings. The minimum atomic E-state index is -0.611. The number of carbonyl (C=O) groups excluding carboxylic acids is 1. The highest BCUT2D eigenvalue weighted by atomic mass is 79.9. The topological polar surface area (TPSA) is 85.1 Å². The van der Waals surface area contributed by atoms with Gasteiger partial charge in [0, 0.05) is 33.4 Å². The number of aromatic nitrogens is 1. The van der Waals surface area contributed by atoms with Gasteiger partial charge in [0.05, 0.1) is 4.92 Å². The van der Waals surface area contributed by atoms with E-state index in [1.54, 1.807) is 12.1 Å². The summed E-state index contributed by atoms with van der Waals surface area (Å²) >= 11 is 8.98. The molecule has 0 aliphatic carbocycles. The van der Waals surface area contributed by atoms with Crippen LogP contribution < -0.4 is 5.32 Å². The Bertz CT molecular complexity index is 676. The van der Waals surface area contributed by atoms with Gasteiger partial charge in [-0.3, -0.25) is 14.9 Å². The lowest BCUT2D eigenvalue weighted by molar-refractivity contribution is -0.384. The average Bonchev–Trinajstić information content (AvgIpc) is 2.40. The van der Waals surface area contributed by atoms with Crippen molar-refractivity contribution in [2.75, 3.05) is 5.32 Å². The van der Waals surface area contributed by atoms with E-state index < -0.39 is 10.8 Å². The van der Waals surface area contributed by atoms with Crippen LogP contribution in [0.2, 0.25) is 5.02 Å². The van der Waals surface area contributed by atoms with Crippen LogP contribution in [0.3, 0.4) is 0 Å². The smallest absolute Gasteiger partial charge is 0.271 e. The van der Waals surface area contributed by atoms with Crippen molar-refractivity contribution in [1.29, 1.82) is 0 Å². The molecule has 0 radical (unpaired) electrons. The van der Waals surface area contributed by atoms with Crippen molar-refractivity contribution in [3.8, 4) is 0 Å². The number of carbonyl (C=O) groups is 1. The average molecular weight is 357 g/mol. The SMILES string of the molecule is O=C(Nc1ccc(Br)cn1)c1cc(Cl)cc([N+](=O)[O-])c1. The number of halogens is 2. The summed E-state index contributed by atoms with van der Waals surface area (Å²) in [6.07, 6.45) is 1.52. The maximum absolute atomic E-state index is 12.0. The molecule has 8 heteroatoms. The molecular formula is C12H7BrClN3O3. The Morgan fingerprint density at radius 2 is 2.10 bits per heavy atom. The number of anilines is 1. The second kappa shape index (κ2) is 5.98. The Kier molecular flexibility index (Phi) is 4.31. The Morgan fingerprint density at radius 3 is 2.70 bits per heavy atom. The van der Waals surface area contributed by atoms with E-state index in [4.69, 9.17) is 11.6 Å². The Labute approximate surface area is 127 Å². The first kappa shape index (κ1) is 14.4. The maximum atomic E-state index is 12.0. The first-order chi connectivity index (χ1) is 9.45. The number of hydrogen-bond acceptors (Lipinski definition) is 4. The van der Waals surface area contributed by atoms with E-state index in [1.807, 2.05) is 0 Å². The predicted molar refractivity (Wildman–Crippen MR) is 78.0 cm³/mol. The number of nitrogens with one attached hydrogen (secondary N) is 1. The maximum Gasteiger partial charge on any atom is 0.271 e. The zero-order valence-corrected chi connectivity index (χ0v) is 12.2. The molecule has 2 rings (SSSR count). The minimum absolute atomic E-state index is 0.0916. The lowest BCUT2D eigenvalue weighted by atomic mass is 10.2. The molecule has 6 nitrogen and oxygen atoms in total. The Hall–Kier alpha value is -1.99. The molecule has 0 saturated heterocycles. The fourth-order valence-electron chi connectivity index (χ4n) is 1.45. The summed E-state index contributed by atoms with van der Waals surface area (Å²) in [7, 11) is 0. The van der Waals surface area contributed by atoms with Crippen LogP contribution >= 0.6 is 27.5 Å². The number of benzene rings is 1. The molecule has 1 N–H and O–H groups in total. The molecule has 0 unspecified atom stereocenters. The molecule has 1 heterocycles. The predicted octanol–water partition coefficient (Wildman–Crippen LogP) is 3.66. The lowest BCUT2D eigenvalue weighted by Gasteiger charge is -2.05. The van der Waals surface area contributed by atoms with Gasteiger partial charge in [0.1, 0.15) is 5.82 Å². The van der Waals surface area contributed by atoms with E-state index in [1.165, 1.54) is 18.3 Å². The molecule has 0 spiro atoms. The van der Waals surface area contributed by atoms with Crippen LogP contribution in [-0.4, -0.2) is 15.8 Å². The van der Waals surface area contributed by atoms with Crippen molar-refractivity contribution in [1.82, 2.24) is 4.98 Å². The highest BCUT2D eigenvalue weighted by molar-refractivity contribution is 9.10. The molecule has 0 aliphatic heterocycles. The number of nitrogens with zero attached hydrogens (tertiary/aromatic N) is 2. The number of amides is 1. The number of nitro groups is 1. The van der Waals surface area contributed by atoms with Crippen LogP contribution in [0, 0.1) is 10.1 Å².